The molecule has 0 bridgehead atoms. The summed E-state index contributed by atoms with van der Waals surface area (Å²) in [6, 6.07) is 12.8. The van der Waals surface area contributed by atoms with E-state index in [4.69, 9.17) is 4.74 Å². The standard InChI is InChI=1S/C20H17N3O5S2/c1-2-28-14-7-5-13(6-8-14)22-30(26,27)17-10-9-15(29-17)12-23-19(24)16-4-3-11-21-18(16)20(23)25/h3-11,22H,2,12H2,1H3. The Labute approximate surface area is 177 Å². The molecular formula is C20H17N3O5S2. The summed E-state index contributed by atoms with van der Waals surface area (Å²) in [4.78, 5) is 30.5. The van der Waals surface area contributed by atoms with Crippen molar-refractivity contribution in [2.45, 2.75) is 17.7 Å². The highest BCUT2D eigenvalue weighted by Gasteiger charge is 2.36. The van der Waals surface area contributed by atoms with Gasteiger partial charge in [-0.3, -0.25) is 24.2 Å². The SMILES string of the molecule is CCOc1ccc(NS(=O)(=O)c2ccc(CN3C(=O)c4cccnc4C3=O)s2)cc1. The van der Waals surface area contributed by atoms with Gasteiger partial charge in [-0.25, -0.2) is 8.42 Å². The number of pyridine rings is 1. The number of rotatable bonds is 7. The quantitative estimate of drug-likeness (QED) is 0.563. The summed E-state index contributed by atoms with van der Waals surface area (Å²) in [5.74, 6) is -0.274. The van der Waals surface area contributed by atoms with Crippen LogP contribution in [0.5, 0.6) is 5.75 Å². The normalized spacial score (nSPS) is 13.4. The van der Waals surface area contributed by atoms with E-state index in [1.807, 2.05) is 6.92 Å². The number of anilines is 1. The van der Waals surface area contributed by atoms with Crippen molar-refractivity contribution < 1.29 is 22.7 Å². The Morgan fingerprint density at radius 3 is 2.53 bits per heavy atom. The van der Waals surface area contributed by atoms with Gasteiger partial charge in [0.25, 0.3) is 21.8 Å². The van der Waals surface area contributed by atoms with Gasteiger partial charge in [-0.05, 0) is 55.5 Å². The van der Waals surface area contributed by atoms with Crippen molar-refractivity contribution in [1.29, 1.82) is 0 Å². The second-order valence-electron chi connectivity index (χ2n) is 6.38. The minimum Gasteiger partial charge on any atom is -0.494 e. The third-order valence-electron chi connectivity index (χ3n) is 4.36. The summed E-state index contributed by atoms with van der Waals surface area (Å²) in [6.07, 6.45) is 1.45. The maximum absolute atomic E-state index is 12.7. The number of carbonyl (C=O) groups is 2. The van der Waals surface area contributed by atoms with Gasteiger partial charge in [0.2, 0.25) is 0 Å². The van der Waals surface area contributed by atoms with Crippen LogP contribution in [0.25, 0.3) is 0 Å². The van der Waals surface area contributed by atoms with E-state index >= 15 is 0 Å². The van der Waals surface area contributed by atoms with Crippen molar-refractivity contribution in [2.24, 2.45) is 0 Å². The molecular weight excluding hydrogens is 426 g/mol. The van der Waals surface area contributed by atoms with E-state index in [2.05, 4.69) is 9.71 Å². The van der Waals surface area contributed by atoms with Crippen LogP contribution in [-0.2, 0) is 16.6 Å². The van der Waals surface area contributed by atoms with Crippen LogP contribution >= 0.6 is 11.3 Å². The molecule has 0 fully saturated rings. The highest BCUT2D eigenvalue weighted by atomic mass is 32.2. The molecule has 10 heteroatoms. The van der Waals surface area contributed by atoms with Crippen LogP contribution in [0.3, 0.4) is 0 Å². The molecule has 0 saturated heterocycles. The molecule has 3 heterocycles. The Bertz CT molecular complexity index is 1180. The zero-order valence-electron chi connectivity index (χ0n) is 15.9. The number of sulfonamides is 1. The molecule has 4 rings (SSSR count). The van der Waals surface area contributed by atoms with E-state index in [0.29, 0.717) is 22.9 Å². The monoisotopic (exact) mass is 443 g/mol. The molecule has 1 aliphatic heterocycles. The van der Waals surface area contributed by atoms with E-state index in [0.717, 1.165) is 16.2 Å². The van der Waals surface area contributed by atoms with E-state index < -0.39 is 21.8 Å². The van der Waals surface area contributed by atoms with Gasteiger partial charge < -0.3 is 4.74 Å². The van der Waals surface area contributed by atoms with Gasteiger partial charge in [0.05, 0.1) is 18.7 Å². The molecule has 2 amide bonds. The molecule has 1 aliphatic rings. The topological polar surface area (TPSA) is 106 Å². The fourth-order valence-corrected chi connectivity index (χ4v) is 5.40. The lowest BCUT2D eigenvalue weighted by atomic mass is 10.2. The summed E-state index contributed by atoms with van der Waals surface area (Å²) >= 11 is 0.998. The van der Waals surface area contributed by atoms with Crippen LogP contribution in [-0.4, -0.2) is 36.7 Å². The Hall–Kier alpha value is -3.24. The van der Waals surface area contributed by atoms with Crippen molar-refractivity contribution >= 4 is 38.9 Å². The Balaban J connectivity index is 1.48. The third-order valence-corrected chi connectivity index (χ3v) is 7.31. The molecule has 0 aliphatic carbocycles. The Kier molecular flexibility index (Phi) is 5.27. The number of hydrogen-bond acceptors (Lipinski definition) is 7. The first kappa shape index (κ1) is 20.0. The average Bonchev–Trinajstić information content (AvgIpc) is 3.30. The predicted octanol–water partition coefficient (Wildman–Crippen LogP) is 3.14. The molecule has 0 atom stereocenters. The van der Waals surface area contributed by atoms with Crippen molar-refractivity contribution in [3.8, 4) is 5.75 Å². The van der Waals surface area contributed by atoms with Crippen molar-refractivity contribution in [1.82, 2.24) is 9.88 Å². The van der Waals surface area contributed by atoms with Crippen LogP contribution in [0.4, 0.5) is 5.69 Å². The number of imide groups is 1. The molecule has 0 spiro atoms. The fourth-order valence-electron chi connectivity index (χ4n) is 2.99. The smallest absolute Gasteiger partial charge is 0.280 e. The fraction of sp³-hybridized carbons (Fsp3) is 0.150. The van der Waals surface area contributed by atoms with Gasteiger partial charge in [0, 0.05) is 16.8 Å². The second-order valence-corrected chi connectivity index (χ2v) is 9.46. The van der Waals surface area contributed by atoms with Gasteiger partial charge in [-0.15, -0.1) is 11.3 Å². The molecule has 3 aromatic rings. The number of hydrogen-bond donors (Lipinski definition) is 1. The van der Waals surface area contributed by atoms with Crippen molar-refractivity contribution in [2.75, 3.05) is 11.3 Å². The van der Waals surface area contributed by atoms with E-state index in [1.54, 1.807) is 42.5 Å². The predicted molar refractivity (Wildman–Crippen MR) is 111 cm³/mol. The number of amides is 2. The van der Waals surface area contributed by atoms with Crippen molar-refractivity contribution in [3.05, 3.63) is 70.9 Å². The number of fused-ring (bicyclic) bond motifs is 1. The summed E-state index contributed by atoms with van der Waals surface area (Å²) in [5.41, 5.74) is 0.771. The summed E-state index contributed by atoms with van der Waals surface area (Å²) < 4.78 is 33.3. The van der Waals surface area contributed by atoms with Gasteiger partial charge >= 0.3 is 0 Å². The second kappa shape index (κ2) is 7.88. The molecule has 1 N–H and O–H groups in total. The highest BCUT2D eigenvalue weighted by molar-refractivity contribution is 7.94. The molecule has 0 unspecified atom stereocenters. The van der Waals surface area contributed by atoms with Crippen LogP contribution in [0.15, 0.2) is 58.9 Å². The van der Waals surface area contributed by atoms with E-state index in [9.17, 15) is 18.0 Å². The molecule has 1 aromatic carbocycles. The largest absolute Gasteiger partial charge is 0.494 e. The van der Waals surface area contributed by atoms with Crippen LogP contribution in [0.2, 0.25) is 0 Å². The molecule has 0 radical (unpaired) electrons. The number of nitrogens with zero attached hydrogens (tertiary/aromatic N) is 2. The minimum atomic E-state index is -3.80. The molecule has 0 saturated carbocycles. The third kappa shape index (κ3) is 3.79. The van der Waals surface area contributed by atoms with Crippen LogP contribution < -0.4 is 9.46 Å². The minimum absolute atomic E-state index is 0.0166. The number of thiophene rings is 1. The number of ether oxygens (including phenoxy) is 1. The maximum atomic E-state index is 12.7. The lowest BCUT2D eigenvalue weighted by Gasteiger charge is -2.11. The molecule has 8 nitrogen and oxygen atoms in total. The zero-order valence-corrected chi connectivity index (χ0v) is 17.5. The zero-order chi connectivity index (χ0) is 21.3. The van der Waals surface area contributed by atoms with Crippen molar-refractivity contribution in [3.63, 3.8) is 0 Å². The number of nitrogens with one attached hydrogen (secondary N) is 1. The number of aromatic nitrogens is 1. The summed E-state index contributed by atoms with van der Waals surface area (Å²) in [5, 5.41) is 0. The Morgan fingerprint density at radius 2 is 1.83 bits per heavy atom. The maximum Gasteiger partial charge on any atom is 0.280 e. The van der Waals surface area contributed by atoms with Crippen LogP contribution in [0, 0.1) is 0 Å². The van der Waals surface area contributed by atoms with E-state index in [1.165, 1.54) is 12.3 Å². The summed E-state index contributed by atoms with van der Waals surface area (Å²) in [7, 11) is -3.80. The number of benzene rings is 1. The Morgan fingerprint density at radius 1 is 1.07 bits per heavy atom. The first-order valence-electron chi connectivity index (χ1n) is 9.04. The number of carbonyl (C=O) groups excluding carboxylic acids is 2. The van der Waals surface area contributed by atoms with Gasteiger partial charge in [-0.1, -0.05) is 0 Å². The highest BCUT2D eigenvalue weighted by Crippen LogP contribution is 2.28. The van der Waals surface area contributed by atoms with E-state index in [-0.39, 0.29) is 22.0 Å². The molecule has 154 valence electrons. The molecule has 30 heavy (non-hydrogen) atoms. The first-order chi connectivity index (χ1) is 14.4. The van der Waals surface area contributed by atoms with Crippen LogP contribution in [0.1, 0.15) is 32.6 Å². The van der Waals surface area contributed by atoms with Gasteiger partial charge in [-0.2, -0.15) is 0 Å². The summed E-state index contributed by atoms with van der Waals surface area (Å²) in [6.45, 7) is 2.37. The van der Waals surface area contributed by atoms with Gasteiger partial charge in [0.15, 0.2) is 0 Å². The van der Waals surface area contributed by atoms with Gasteiger partial charge in [0.1, 0.15) is 15.7 Å². The average molecular weight is 444 g/mol. The lowest BCUT2D eigenvalue weighted by molar-refractivity contribution is 0.0642. The molecule has 2 aromatic heterocycles. The first-order valence-corrected chi connectivity index (χ1v) is 11.3. The lowest BCUT2D eigenvalue weighted by Crippen LogP contribution is -2.28.